The summed E-state index contributed by atoms with van der Waals surface area (Å²) in [4.78, 5) is 5.09. The average molecular weight is 246 g/mol. The lowest BCUT2D eigenvalue weighted by molar-refractivity contribution is 0.196. The zero-order chi connectivity index (χ0) is 12.8. The van der Waals surface area contributed by atoms with Crippen LogP contribution in [0.15, 0.2) is 30.3 Å². The number of rotatable bonds is 5. The van der Waals surface area contributed by atoms with Gasteiger partial charge in [0.05, 0.1) is 0 Å². The van der Waals surface area contributed by atoms with Crippen LogP contribution in [-0.4, -0.2) is 37.6 Å². The van der Waals surface area contributed by atoms with Gasteiger partial charge in [0.1, 0.15) is 0 Å². The van der Waals surface area contributed by atoms with E-state index in [2.05, 4.69) is 54.0 Å². The van der Waals surface area contributed by atoms with E-state index in [0.717, 1.165) is 19.0 Å². The van der Waals surface area contributed by atoms with Crippen LogP contribution >= 0.6 is 0 Å². The lowest BCUT2D eigenvalue weighted by atomic mass is 9.99. The maximum atomic E-state index is 2.62. The predicted octanol–water partition coefficient (Wildman–Crippen LogP) is 3.24. The number of likely N-dealkylation sites (tertiary alicyclic amines) is 1. The van der Waals surface area contributed by atoms with E-state index in [1.807, 2.05) is 0 Å². The molecule has 1 aromatic rings. The Balaban J connectivity index is 1.81. The molecule has 2 rings (SSSR count). The summed E-state index contributed by atoms with van der Waals surface area (Å²) in [6.45, 7) is 10.6. The third-order valence-corrected chi connectivity index (χ3v) is 4.07. The fourth-order valence-electron chi connectivity index (χ4n) is 2.66. The van der Waals surface area contributed by atoms with Crippen molar-refractivity contribution in [2.75, 3.05) is 37.6 Å². The van der Waals surface area contributed by atoms with Crippen molar-refractivity contribution in [1.82, 2.24) is 4.90 Å². The molecule has 2 heteroatoms. The number of likely N-dealkylation sites (N-methyl/N-ethyl adjacent to an activating group) is 1. The van der Waals surface area contributed by atoms with Gasteiger partial charge in [-0.25, -0.2) is 0 Å². The molecule has 0 bridgehead atoms. The molecule has 1 aliphatic rings. The standard InChI is InChI=1S/C16H26N2/c1-3-18(16-7-5-4-6-8-16)14-13-17-11-9-15(2)10-12-17/h4-8,15H,3,9-14H2,1-2H3. The first-order valence-corrected chi connectivity index (χ1v) is 7.32. The fraction of sp³-hybridized carbons (Fsp3) is 0.625. The quantitative estimate of drug-likeness (QED) is 0.787. The molecule has 1 aromatic carbocycles. The number of hydrogen-bond donors (Lipinski definition) is 0. The molecule has 1 heterocycles. The molecule has 0 aromatic heterocycles. The first kappa shape index (κ1) is 13.4. The summed E-state index contributed by atoms with van der Waals surface area (Å²) >= 11 is 0. The molecule has 0 unspecified atom stereocenters. The molecule has 1 aliphatic heterocycles. The molecule has 0 atom stereocenters. The predicted molar refractivity (Wildman–Crippen MR) is 79.2 cm³/mol. The normalized spacial score (nSPS) is 17.9. The Labute approximate surface area is 112 Å². The third-order valence-electron chi connectivity index (χ3n) is 4.07. The Bertz CT molecular complexity index is 328. The van der Waals surface area contributed by atoms with Crippen molar-refractivity contribution in [3.8, 4) is 0 Å². The van der Waals surface area contributed by atoms with E-state index >= 15 is 0 Å². The van der Waals surface area contributed by atoms with Crippen LogP contribution in [0.3, 0.4) is 0 Å². The van der Waals surface area contributed by atoms with Crippen LogP contribution < -0.4 is 4.90 Å². The largest absolute Gasteiger partial charge is 0.371 e. The second kappa shape index (κ2) is 6.79. The van der Waals surface area contributed by atoms with E-state index in [-0.39, 0.29) is 0 Å². The summed E-state index contributed by atoms with van der Waals surface area (Å²) in [5, 5.41) is 0. The summed E-state index contributed by atoms with van der Waals surface area (Å²) in [7, 11) is 0. The van der Waals surface area contributed by atoms with Crippen molar-refractivity contribution < 1.29 is 0 Å². The monoisotopic (exact) mass is 246 g/mol. The van der Waals surface area contributed by atoms with Crippen molar-refractivity contribution in [3.05, 3.63) is 30.3 Å². The van der Waals surface area contributed by atoms with Gasteiger partial charge in [-0.1, -0.05) is 25.1 Å². The molecule has 0 aliphatic carbocycles. The minimum absolute atomic E-state index is 0.928. The summed E-state index contributed by atoms with van der Waals surface area (Å²) in [6, 6.07) is 10.8. The van der Waals surface area contributed by atoms with Crippen LogP contribution in [-0.2, 0) is 0 Å². The lowest BCUT2D eigenvalue weighted by Gasteiger charge is -2.32. The van der Waals surface area contributed by atoms with E-state index in [0.29, 0.717) is 0 Å². The number of nitrogens with zero attached hydrogens (tertiary/aromatic N) is 2. The number of para-hydroxylation sites is 1. The average Bonchev–Trinajstić information content (AvgIpc) is 2.43. The second-order valence-corrected chi connectivity index (χ2v) is 5.44. The van der Waals surface area contributed by atoms with Crippen LogP contribution in [0.5, 0.6) is 0 Å². The molecule has 100 valence electrons. The summed E-state index contributed by atoms with van der Waals surface area (Å²) in [5.74, 6) is 0.928. The van der Waals surface area contributed by atoms with Crippen molar-refractivity contribution in [2.24, 2.45) is 5.92 Å². The lowest BCUT2D eigenvalue weighted by Crippen LogP contribution is -2.39. The van der Waals surface area contributed by atoms with Gasteiger partial charge >= 0.3 is 0 Å². The van der Waals surface area contributed by atoms with Gasteiger partial charge in [-0.3, -0.25) is 0 Å². The topological polar surface area (TPSA) is 6.48 Å². The molecule has 18 heavy (non-hydrogen) atoms. The first-order chi connectivity index (χ1) is 8.79. The molecule has 0 spiro atoms. The number of benzene rings is 1. The zero-order valence-corrected chi connectivity index (χ0v) is 11.8. The highest BCUT2D eigenvalue weighted by molar-refractivity contribution is 5.45. The van der Waals surface area contributed by atoms with E-state index in [4.69, 9.17) is 0 Å². The fourth-order valence-corrected chi connectivity index (χ4v) is 2.66. The van der Waals surface area contributed by atoms with Crippen LogP contribution in [0.25, 0.3) is 0 Å². The molecular formula is C16H26N2. The first-order valence-electron chi connectivity index (χ1n) is 7.32. The Hall–Kier alpha value is -1.02. The van der Waals surface area contributed by atoms with E-state index in [1.165, 1.54) is 38.2 Å². The van der Waals surface area contributed by atoms with Crippen molar-refractivity contribution in [1.29, 1.82) is 0 Å². The summed E-state index contributed by atoms with van der Waals surface area (Å²) < 4.78 is 0. The Morgan fingerprint density at radius 3 is 2.44 bits per heavy atom. The Kier molecular flexibility index (Phi) is 5.06. The molecule has 1 fully saturated rings. The van der Waals surface area contributed by atoms with E-state index in [9.17, 15) is 0 Å². The molecule has 0 amide bonds. The highest BCUT2D eigenvalue weighted by Gasteiger charge is 2.15. The van der Waals surface area contributed by atoms with Crippen LogP contribution in [0.4, 0.5) is 5.69 Å². The van der Waals surface area contributed by atoms with Gasteiger partial charge in [0, 0.05) is 25.3 Å². The van der Waals surface area contributed by atoms with Crippen molar-refractivity contribution in [3.63, 3.8) is 0 Å². The Morgan fingerprint density at radius 2 is 1.83 bits per heavy atom. The van der Waals surface area contributed by atoms with Gasteiger partial charge in [0.2, 0.25) is 0 Å². The summed E-state index contributed by atoms with van der Waals surface area (Å²) in [5.41, 5.74) is 1.35. The molecule has 0 saturated carbocycles. The second-order valence-electron chi connectivity index (χ2n) is 5.44. The third kappa shape index (κ3) is 3.74. The van der Waals surface area contributed by atoms with Crippen LogP contribution in [0, 0.1) is 5.92 Å². The minimum atomic E-state index is 0.928. The van der Waals surface area contributed by atoms with Crippen LogP contribution in [0.1, 0.15) is 26.7 Å². The number of anilines is 1. The van der Waals surface area contributed by atoms with Crippen LogP contribution in [0.2, 0.25) is 0 Å². The molecule has 0 N–H and O–H groups in total. The van der Waals surface area contributed by atoms with Gasteiger partial charge in [-0.05, 0) is 50.9 Å². The Morgan fingerprint density at radius 1 is 1.17 bits per heavy atom. The van der Waals surface area contributed by atoms with Crippen molar-refractivity contribution in [2.45, 2.75) is 26.7 Å². The molecule has 1 saturated heterocycles. The summed E-state index contributed by atoms with van der Waals surface area (Å²) in [6.07, 6.45) is 2.74. The van der Waals surface area contributed by atoms with E-state index in [1.54, 1.807) is 0 Å². The van der Waals surface area contributed by atoms with E-state index < -0.39 is 0 Å². The van der Waals surface area contributed by atoms with Gasteiger partial charge in [-0.15, -0.1) is 0 Å². The molecule has 2 nitrogen and oxygen atoms in total. The zero-order valence-electron chi connectivity index (χ0n) is 11.8. The van der Waals surface area contributed by atoms with Gasteiger partial charge in [0.15, 0.2) is 0 Å². The highest BCUT2D eigenvalue weighted by Crippen LogP contribution is 2.17. The smallest absolute Gasteiger partial charge is 0.0366 e. The maximum Gasteiger partial charge on any atom is 0.0366 e. The molecular weight excluding hydrogens is 220 g/mol. The van der Waals surface area contributed by atoms with Gasteiger partial charge in [-0.2, -0.15) is 0 Å². The maximum absolute atomic E-state index is 2.62. The molecule has 0 radical (unpaired) electrons. The number of hydrogen-bond acceptors (Lipinski definition) is 2. The minimum Gasteiger partial charge on any atom is -0.371 e. The highest BCUT2D eigenvalue weighted by atomic mass is 15.2. The SMILES string of the molecule is CCN(CCN1CCC(C)CC1)c1ccccc1. The van der Waals surface area contributed by atoms with Crippen molar-refractivity contribution >= 4 is 5.69 Å². The number of piperidine rings is 1. The van der Waals surface area contributed by atoms with Gasteiger partial charge < -0.3 is 9.80 Å². The van der Waals surface area contributed by atoms with Gasteiger partial charge in [0.25, 0.3) is 0 Å².